The third-order valence-corrected chi connectivity index (χ3v) is 3.64. The summed E-state index contributed by atoms with van der Waals surface area (Å²) in [5.74, 6) is 0.00362. The van der Waals surface area contributed by atoms with E-state index in [-0.39, 0.29) is 24.5 Å². The minimum Gasteiger partial charge on any atom is -0.394 e. The van der Waals surface area contributed by atoms with Crippen LogP contribution in [0.25, 0.3) is 0 Å². The number of aliphatic hydroxyl groups excluding tert-OH is 1. The topological polar surface area (TPSA) is 69.6 Å². The number of allylic oxidation sites excluding steroid dienone is 4. The van der Waals surface area contributed by atoms with Crippen molar-refractivity contribution < 1.29 is 14.7 Å². The molecule has 0 saturated heterocycles. The smallest absolute Gasteiger partial charge is 0.251 e. The van der Waals surface area contributed by atoms with Crippen LogP contribution < -0.4 is 5.32 Å². The Hall–Kier alpha value is -1.88. The fraction of sp³-hybridized carbons (Fsp3) is 0.556. The second-order valence-corrected chi connectivity index (χ2v) is 6.06. The molecule has 0 aromatic heterocycles. The molecule has 2 N–H and O–H groups in total. The molecule has 0 saturated carbocycles. The Labute approximate surface area is 138 Å². The van der Waals surface area contributed by atoms with E-state index in [2.05, 4.69) is 11.4 Å². The molecule has 0 radical (unpaired) electrons. The number of aliphatic hydroxyl groups is 1. The zero-order valence-electron chi connectivity index (χ0n) is 14.3. The number of unbranched alkanes of at least 4 members (excludes halogenated alkanes) is 1. The van der Waals surface area contributed by atoms with Gasteiger partial charge in [-0.05, 0) is 44.3 Å². The van der Waals surface area contributed by atoms with Crippen molar-refractivity contribution in [1.29, 1.82) is 0 Å². The number of nitrogens with one attached hydrogen (secondary N) is 1. The molecule has 1 aliphatic rings. The highest BCUT2D eigenvalue weighted by Gasteiger charge is 2.13. The molecule has 1 rings (SSSR count). The van der Waals surface area contributed by atoms with Crippen LogP contribution >= 0.6 is 0 Å². The van der Waals surface area contributed by atoms with Crippen molar-refractivity contribution in [3.63, 3.8) is 0 Å². The predicted octanol–water partition coefficient (Wildman–Crippen LogP) is 1.94. The van der Waals surface area contributed by atoms with Crippen LogP contribution in [0.2, 0.25) is 0 Å². The van der Waals surface area contributed by atoms with Gasteiger partial charge in [0, 0.05) is 32.1 Å². The number of hydrogen-bond acceptors (Lipinski definition) is 3. The van der Waals surface area contributed by atoms with Gasteiger partial charge in [-0.2, -0.15) is 0 Å². The van der Waals surface area contributed by atoms with Gasteiger partial charge in [-0.15, -0.1) is 0 Å². The third-order valence-electron chi connectivity index (χ3n) is 3.64. The molecule has 0 aromatic rings. The standard InChI is InChI=1S/C18H28N2O3/c1-14(13-21)19-18(23)16-10-7-9-15(12-16)8-5-4-6-11-17(22)20(2)3/h5,8,10,12,14,21H,4,6-7,9,11,13H2,1-3H3,(H,19,23)/b8-5-. The quantitative estimate of drug-likeness (QED) is 0.672. The lowest BCUT2D eigenvalue weighted by atomic mass is 9.98. The number of hydrogen-bond donors (Lipinski definition) is 2. The molecule has 0 aliphatic heterocycles. The normalized spacial score (nSPS) is 15.8. The first-order valence-electron chi connectivity index (χ1n) is 8.13. The van der Waals surface area contributed by atoms with E-state index in [1.807, 2.05) is 18.2 Å². The van der Waals surface area contributed by atoms with Crippen molar-refractivity contribution in [1.82, 2.24) is 10.2 Å². The number of nitrogens with zero attached hydrogens (tertiary/aromatic N) is 1. The van der Waals surface area contributed by atoms with Gasteiger partial charge in [0.15, 0.2) is 0 Å². The van der Waals surface area contributed by atoms with Crippen LogP contribution in [0.15, 0.2) is 35.5 Å². The van der Waals surface area contributed by atoms with Crippen LogP contribution in [0, 0.1) is 0 Å². The highest BCUT2D eigenvalue weighted by Crippen LogP contribution is 2.19. The van der Waals surface area contributed by atoms with Gasteiger partial charge in [-0.1, -0.05) is 18.2 Å². The molecule has 1 atom stereocenters. The van der Waals surface area contributed by atoms with Gasteiger partial charge < -0.3 is 15.3 Å². The van der Waals surface area contributed by atoms with E-state index in [1.165, 1.54) is 0 Å². The summed E-state index contributed by atoms with van der Waals surface area (Å²) in [5, 5.41) is 11.7. The van der Waals surface area contributed by atoms with E-state index >= 15 is 0 Å². The number of carbonyl (C=O) groups excluding carboxylic acids is 2. The third kappa shape index (κ3) is 7.28. The molecule has 1 aliphatic carbocycles. The van der Waals surface area contributed by atoms with Gasteiger partial charge in [0.05, 0.1) is 6.61 Å². The Morgan fingerprint density at radius 3 is 2.83 bits per heavy atom. The fourth-order valence-electron chi connectivity index (χ4n) is 2.20. The zero-order chi connectivity index (χ0) is 17.2. The molecule has 128 valence electrons. The first kappa shape index (κ1) is 19.2. The maximum atomic E-state index is 12.0. The van der Waals surface area contributed by atoms with E-state index < -0.39 is 0 Å². The molecule has 1 unspecified atom stereocenters. The van der Waals surface area contributed by atoms with E-state index in [9.17, 15) is 9.59 Å². The summed E-state index contributed by atoms with van der Waals surface area (Å²) in [4.78, 5) is 25.1. The number of rotatable bonds is 8. The van der Waals surface area contributed by atoms with Gasteiger partial charge >= 0.3 is 0 Å². The summed E-state index contributed by atoms with van der Waals surface area (Å²) >= 11 is 0. The highest BCUT2D eigenvalue weighted by atomic mass is 16.3. The average molecular weight is 320 g/mol. The van der Waals surface area contributed by atoms with Crippen molar-refractivity contribution in [2.45, 2.75) is 45.1 Å². The van der Waals surface area contributed by atoms with Gasteiger partial charge in [-0.3, -0.25) is 9.59 Å². The van der Waals surface area contributed by atoms with Gasteiger partial charge in [0.1, 0.15) is 0 Å². The Balaban J connectivity index is 2.45. The van der Waals surface area contributed by atoms with E-state index in [1.54, 1.807) is 25.9 Å². The largest absolute Gasteiger partial charge is 0.394 e. The minimum atomic E-state index is -0.244. The Bertz CT molecular complexity index is 504. The fourth-order valence-corrected chi connectivity index (χ4v) is 2.20. The van der Waals surface area contributed by atoms with Gasteiger partial charge in [0.2, 0.25) is 5.91 Å². The minimum absolute atomic E-state index is 0.0683. The molecule has 2 amide bonds. The number of amides is 2. The van der Waals surface area contributed by atoms with E-state index in [0.717, 1.165) is 31.3 Å². The monoisotopic (exact) mass is 320 g/mol. The SMILES string of the molecule is CC(CO)NC(=O)C1=CCCC(/C=C\CCCC(=O)N(C)C)=C1. The summed E-state index contributed by atoms with van der Waals surface area (Å²) in [6.45, 7) is 1.70. The summed E-state index contributed by atoms with van der Waals surface area (Å²) < 4.78 is 0. The molecule has 5 heteroatoms. The average Bonchev–Trinajstić information content (AvgIpc) is 2.54. The zero-order valence-corrected chi connectivity index (χ0v) is 14.3. The lowest BCUT2D eigenvalue weighted by Gasteiger charge is -2.14. The highest BCUT2D eigenvalue weighted by molar-refractivity contribution is 5.96. The summed E-state index contributed by atoms with van der Waals surface area (Å²) in [5.41, 5.74) is 1.77. The van der Waals surface area contributed by atoms with Crippen molar-refractivity contribution >= 4 is 11.8 Å². The van der Waals surface area contributed by atoms with Crippen LogP contribution in [0.5, 0.6) is 0 Å². The molecular weight excluding hydrogens is 292 g/mol. The number of carbonyl (C=O) groups is 2. The van der Waals surface area contributed by atoms with Gasteiger partial charge in [-0.25, -0.2) is 0 Å². The van der Waals surface area contributed by atoms with Crippen molar-refractivity contribution in [2.75, 3.05) is 20.7 Å². The molecule has 0 bridgehead atoms. The summed E-state index contributed by atoms with van der Waals surface area (Å²) in [7, 11) is 3.53. The molecule has 0 spiro atoms. The lowest BCUT2D eigenvalue weighted by molar-refractivity contribution is -0.128. The predicted molar refractivity (Wildman–Crippen MR) is 91.8 cm³/mol. The van der Waals surface area contributed by atoms with E-state index in [0.29, 0.717) is 12.0 Å². The maximum absolute atomic E-state index is 12.0. The van der Waals surface area contributed by atoms with Crippen LogP contribution in [0.1, 0.15) is 39.0 Å². The van der Waals surface area contributed by atoms with Crippen LogP contribution in [0.3, 0.4) is 0 Å². The Morgan fingerprint density at radius 2 is 2.17 bits per heavy atom. The summed E-state index contributed by atoms with van der Waals surface area (Å²) in [6, 6.07) is -0.244. The molecule has 23 heavy (non-hydrogen) atoms. The van der Waals surface area contributed by atoms with Crippen LogP contribution in [-0.4, -0.2) is 48.6 Å². The molecule has 0 fully saturated rings. The second kappa shape index (κ2) is 10.0. The van der Waals surface area contributed by atoms with Crippen molar-refractivity contribution in [2.24, 2.45) is 0 Å². The molecular formula is C18H28N2O3. The molecule has 0 heterocycles. The van der Waals surface area contributed by atoms with Crippen molar-refractivity contribution in [3.05, 3.63) is 35.5 Å². The lowest BCUT2D eigenvalue weighted by Crippen LogP contribution is -2.35. The first-order chi connectivity index (χ1) is 10.9. The molecule has 0 aromatic carbocycles. The Kier molecular flexibility index (Phi) is 8.33. The van der Waals surface area contributed by atoms with Crippen molar-refractivity contribution in [3.8, 4) is 0 Å². The maximum Gasteiger partial charge on any atom is 0.251 e. The van der Waals surface area contributed by atoms with Gasteiger partial charge in [0.25, 0.3) is 5.91 Å². The Morgan fingerprint density at radius 1 is 1.43 bits per heavy atom. The van der Waals surface area contributed by atoms with E-state index in [4.69, 9.17) is 5.11 Å². The first-order valence-corrected chi connectivity index (χ1v) is 8.13. The second-order valence-electron chi connectivity index (χ2n) is 6.06. The van der Waals surface area contributed by atoms with Crippen LogP contribution in [0.4, 0.5) is 0 Å². The van der Waals surface area contributed by atoms with Crippen LogP contribution in [-0.2, 0) is 9.59 Å². The molecule has 5 nitrogen and oxygen atoms in total. The summed E-state index contributed by atoms with van der Waals surface area (Å²) in [6.07, 6.45) is 11.9.